The minimum absolute atomic E-state index is 0.00235. The van der Waals surface area contributed by atoms with Gasteiger partial charge in [0.2, 0.25) is 5.91 Å². The quantitative estimate of drug-likeness (QED) is 0.585. The van der Waals surface area contributed by atoms with Crippen molar-refractivity contribution in [1.82, 2.24) is 10.2 Å². The monoisotopic (exact) mass is 424 g/mol. The number of benzene rings is 2. The second kappa shape index (κ2) is 8.63. The fraction of sp³-hybridized carbons (Fsp3) is 0.364. The molecule has 2 saturated heterocycles. The Morgan fingerprint density at radius 1 is 1.10 bits per heavy atom. The van der Waals surface area contributed by atoms with E-state index in [1.807, 2.05) is 30.3 Å². The number of carbonyl (C=O) groups excluding carboxylic acids is 2. The van der Waals surface area contributed by atoms with E-state index >= 15 is 0 Å². The molecule has 0 aromatic heterocycles. The Bertz CT molecular complexity index is 956. The molecule has 9 heteroatoms. The lowest BCUT2D eigenvalue weighted by molar-refractivity contribution is -0.384. The number of ether oxygens (including phenoxy) is 1. The van der Waals surface area contributed by atoms with Crippen molar-refractivity contribution in [2.24, 2.45) is 0 Å². The summed E-state index contributed by atoms with van der Waals surface area (Å²) in [6, 6.07) is 16.0. The molecule has 2 fully saturated rings. The first kappa shape index (κ1) is 20.6. The van der Waals surface area contributed by atoms with Gasteiger partial charge in [0, 0.05) is 37.3 Å². The number of nitrogens with zero attached hydrogens (tertiary/aromatic N) is 3. The van der Waals surface area contributed by atoms with E-state index < -0.39 is 16.6 Å². The van der Waals surface area contributed by atoms with Crippen LogP contribution in [0.1, 0.15) is 18.4 Å². The van der Waals surface area contributed by atoms with E-state index in [0.29, 0.717) is 39.0 Å². The molecule has 0 bridgehead atoms. The van der Waals surface area contributed by atoms with Gasteiger partial charge in [0.15, 0.2) is 0 Å². The van der Waals surface area contributed by atoms with E-state index in [1.54, 1.807) is 17.0 Å². The van der Waals surface area contributed by atoms with Crippen LogP contribution in [0, 0.1) is 10.1 Å². The number of para-hydroxylation sites is 1. The molecule has 0 saturated carbocycles. The maximum atomic E-state index is 12.7. The minimum atomic E-state index is -0.642. The number of hydrogen-bond donors (Lipinski definition) is 1. The second-order valence-corrected chi connectivity index (χ2v) is 7.73. The molecule has 2 aliphatic rings. The zero-order valence-corrected chi connectivity index (χ0v) is 17.0. The molecule has 0 aliphatic carbocycles. The van der Waals surface area contributed by atoms with Crippen LogP contribution < -0.4 is 10.2 Å². The van der Waals surface area contributed by atoms with E-state index in [9.17, 15) is 19.7 Å². The van der Waals surface area contributed by atoms with Crippen molar-refractivity contribution in [3.63, 3.8) is 0 Å². The summed E-state index contributed by atoms with van der Waals surface area (Å²) in [5.41, 5.74) is 1.23. The predicted octanol–water partition coefficient (Wildman–Crippen LogP) is 2.70. The summed E-state index contributed by atoms with van der Waals surface area (Å²) in [4.78, 5) is 39.1. The number of carbonyl (C=O) groups is 2. The van der Waals surface area contributed by atoms with Crippen LogP contribution in [0.15, 0.2) is 54.6 Å². The van der Waals surface area contributed by atoms with Gasteiger partial charge in [-0.05, 0) is 30.5 Å². The van der Waals surface area contributed by atoms with Gasteiger partial charge in [-0.3, -0.25) is 14.9 Å². The highest BCUT2D eigenvalue weighted by Gasteiger charge is 2.50. The van der Waals surface area contributed by atoms with Crippen LogP contribution in [-0.2, 0) is 16.0 Å². The number of piperidine rings is 1. The molecule has 2 amide bonds. The minimum Gasteiger partial charge on any atom is -0.449 e. The number of likely N-dealkylation sites (tertiary alicyclic amines) is 1. The Kier molecular flexibility index (Phi) is 5.75. The van der Waals surface area contributed by atoms with E-state index in [0.717, 1.165) is 11.3 Å². The van der Waals surface area contributed by atoms with Crippen molar-refractivity contribution in [1.29, 1.82) is 0 Å². The van der Waals surface area contributed by atoms with Gasteiger partial charge in [-0.15, -0.1) is 0 Å². The van der Waals surface area contributed by atoms with Gasteiger partial charge >= 0.3 is 6.09 Å². The van der Waals surface area contributed by atoms with Crippen molar-refractivity contribution in [2.75, 3.05) is 31.3 Å². The highest BCUT2D eigenvalue weighted by Crippen LogP contribution is 2.36. The number of hydrogen-bond acceptors (Lipinski definition) is 6. The molecular formula is C22H24N4O5. The van der Waals surface area contributed by atoms with Crippen molar-refractivity contribution in [3.8, 4) is 0 Å². The lowest BCUT2D eigenvalue weighted by Crippen LogP contribution is -2.57. The van der Waals surface area contributed by atoms with E-state index in [2.05, 4.69) is 10.2 Å². The van der Waals surface area contributed by atoms with Crippen molar-refractivity contribution < 1.29 is 19.2 Å². The number of amides is 2. The summed E-state index contributed by atoms with van der Waals surface area (Å²) in [5.74, 6) is 0.00235. The van der Waals surface area contributed by atoms with Gasteiger partial charge in [-0.2, -0.15) is 0 Å². The standard InChI is InChI=1S/C22H24N4O5/c27-20-22(25(16-23-20)18-4-2-1-3-5-18)11-13-24(14-12-22)21(28)31-15-10-17-6-8-19(9-7-17)26(29)30/h1-9H,10-16H2,(H,23,27). The van der Waals surface area contributed by atoms with E-state index in [4.69, 9.17) is 4.74 Å². The zero-order chi connectivity index (χ0) is 21.8. The molecule has 2 heterocycles. The van der Waals surface area contributed by atoms with Crippen LogP contribution in [0.5, 0.6) is 0 Å². The molecule has 1 spiro atoms. The first-order chi connectivity index (χ1) is 15.0. The third-order valence-corrected chi connectivity index (χ3v) is 6.02. The summed E-state index contributed by atoms with van der Waals surface area (Å²) in [6.45, 7) is 1.53. The largest absolute Gasteiger partial charge is 0.449 e. The van der Waals surface area contributed by atoms with Crippen molar-refractivity contribution in [3.05, 3.63) is 70.3 Å². The van der Waals surface area contributed by atoms with Crippen LogP contribution in [-0.4, -0.2) is 53.7 Å². The fourth-order valence-electron chi connectivity index (χ4n) is 4.22. The first-order valence-corrected chi connectivity index (χ1v) is 10.3. The lowest BCUT2D eigenvalue weighted by Gasteiger charge is -2.42. The Balaban J connectivity index is 1.30. The first-order valence-electron chi connectivity index (χ1n) is 10.3. The number of rotatable bonds is 5. The number of nitrogens with one attached hydrogen (secondary N) is 1. The molecule has 162 valence electrons. The van der Waals surface area contributed by atoms with E-state index in [1.165, 1.54) is 12.1 Å². The average molecular weight is 424 g/mol. The summed E-state index contributed by atoms with van der Waals surface area (Å²) >= 11 is 0. The van der Waals surface area contributed by atoms with Crippen LogP contribution in [0.2, 0.25) is 0 Å². The molecular weight excluding hydrogens is 400 g/mol. The molecule has 9 nitrogen and oxygen atoms in total. The molecule has 0 atom stereocenters. The summed E-state index contributed by atoms with van der Waals surface area (Å²) in [5, 5.41) is 13.7. The molecule has 4 rings (SSSR count). The highest BCUT2D eigenvalue weighted by molar-refractivity contribution is 5.93. The van der Waals surface area contributed by atoms with Crippen LogP contribution >= 0.6 is 0 Å². The van der Waals surface area contributed by atoms with Crippen LogP contribution in [0.3, 0.4) is 0 Å². The summed E-state index contributed by atoms with van der Waals surface area (Å²) < 4.78 is 5.39. The number of anilines is 1. The third kappa shape index (κ3) is 4.16. The van der Waals surface area contributed by atoms with Gasteiger partial charge in [-0.1, -0.05) is 30.3 Å². The average Bonchev–Trinajstić information content (AvgIpc) is 3.10. The Hall–Kier alpha value is -3.62. The predicted molar refractivity (Wildman–Crippen MR) is 114 cm³/mol. The number of nitro groups is 1. The van der Waals surface area contributed by atoms with Crippen molar-refractivity contribution in [2.45, 2.75) is 24.8 Å². The van der Waals surface area contributed by atoms with Crippen LogP contribution in [0.4, 0.5) is 16.2 Å². The molecule has 2 aromatic rings. The maximum Gasteiger partial charge on any atom is 0.409 e. The third-order valence-electron chi connectivity index (χ3n) is 6.02. The van der Waals surface area contributed by atoms with Gasteiger partial charge in [0.1, 0.15) is 5.54 Å². The van der Waals surface area contributed by atoms with Gasteiger partial charge in [0.05, 0.1) is 18.2 Å². The maximum absolute atomic E-state index is 12.7. The Labute approximate surface area is 179 Å². The fourth-order valence-corrected chi connectivity index (χ4v) is 4.22. The SMILES string of the molecule is O=C(OCCc1ccc([N+](=O)[O-])cc1)N1CCC2(CC1)C(=O)NCN2c1ccccc1. The van der Waals surface area contributed by atoms with Gasteiger partial charge < -0.3 is 19.9 Å². The molecule has 1 N–H and O–H groups in total. The molecule has 0 unspecified atom stereocenters. The Morgan fingerprint density at radius 3 is 2.42 bits per heavy atom. The molecule has 0 radical (unpaired) electrons. The Morgan fingerprint density at radius 2 is 1.77 bits per heavy atom. The molecule has 31 heavy (non-hydrogen) atoms. The molecule has 2 aliphatic heterocycles. The lowest BCUT2D eigenvalue weighted by atomic mass is 9.86. The van der Waals surface area contributed by atoms with E-state index in [-0.39, 0.29) is 18.2 Å². The van der Waals surface area contributed by atoms with Gasteiger partial charge in [0.25, 0.3) is 5.69 Å². The summed E-state index contributed by atoms with van der Waals surface area (Å²) in [6.07, 6.45) is 1.14. The number of nitro benzene ring substituents is 1. The van der Waals surface area contributed by atoms with Crippen LogP contribution in [0.25, 0.3) is 0 Å². The topological polar surface area (TPSA) is 105 Å². The number of non-ortho nitro benzene ring substituents is 1. The highest BCUT2D eigenvalue weighted by atomic mass is 16.6. The summed E-state index contributed by atoms with van der Waals surface area (Å²) in [7, 11) is 0. The molecule has 2 aromatic carbocycles. The van der Waals surface area contributed by atoms with Crippen molar-refractivity contribution >= 4 is 23.4 Å². The zero-order valence-electron chi connectivity index (χ0n) is 17.0. The normalized spacial score (nSPS) is 17.5. The second-order valence-electron chi connectivity index (χ2n) is 7.73. The smallest absolute Gasteiger partial charge is 0.409 e. The van der Waals surface area contributed by atoms with Gasteiger partial charge in [-0.25, -0.2) is 4.79 Å².